The maximum atomic E-state index is 12.8. The molecule has 0 aliphatic heterocycles. The first-order valence-electron chi connectivity index (χ1n) is 30.3. The van der Waals surface area contributed by atoms with Crippen molar-refractivity contribution in [1.82, 2.24) is 0 Å². The molecule has 0 aliphatic rings. The van der Waals surface area contributed by atoms with Gasteiger partial charge in [-0.05, 0) is 116 Å². The topological polar surface area (TPSA) is 111 Å². The summed E-state index contributed by atoms with van der Waals surface area (Å²) in [5.74, 6) is -2.42. The van der Waals surface area contributed by atoms with E-state index in [1.165, 1.54) is 38.5 Å². The van der Waals surface area contributed by atoms with E-state index in [-0.39, 0.29) is 32.7 Å². The Hall–Kier alpha value is -5.35. The zero-order valence-electron chi connectivity index (χ0n) is 50.2. The van der Waals surface area contributed by atoms with Gasteiger partial charge in [-0.25, -0.2) is 0 Å². The number of ether oxygens (including phenoxy) is 4. The molecule has 0 aromatic rings. The lowest BCUT2D eigenvalue weighted by Crippen LogP contribution is -2.44. The molecule has 9 nitrogen and oxygen atoms in total. The summed E-state index contributed by atoms with van der Waals surface area (Å²) in [4.78, 5) is 37.2. The lowest BCUT2D eigenvalue weighted by molar-refractivity contribution is -0.870. The molecule has 0 rings (SSSR count). The van der Waals surface area contributed by atoms with Gasteiger partial charge in [0.15, 0.2) is 12.4 Å². The van der Waals surface area contributed by atoms with Gasteiger partial charge in [0, 0.05) is 12.8 Å². The fraction of sp³-hybridized carbons (Fsp3) is 0.557. The lowest BCUT2D eigenvalue weighted by atomic mass is 10.0. The van der Waals surface area contributed by atoms with Crippen molar-refractivity contribution in [2.75, 3.05) is 47.5 Å². The summed E-state index contributed by atoms with van der Waals surface area (Å²) >= 11 is 0. The molecule has 442 valence electrons. The first kappa shape index (κ1) is 73.7. The first-order chi connectivity index (χ1) is 38.6. The molecule has 0 fully saturated rings. The fourth-order valence-corrected chi connectivity index (χ4v) is 7.40. The summed E-state index contributed by atoms with van der Waals surface area (Å²) in [7, 11) is 5.88. The van der Waals surface area contributed by atoms with Crippen molar-refractivity contribution in [3.63, 3.8) is 0 Å². The number of hydrogen-bond acceptors (Lipinski definition) is 8. The number of unbranched alkanes of at least 4 members (excludes halogenated alkanes) is 10. The number of hydrogen-bond donors (Lipinski definition) is 0. The third-order valence-corrected chi connectivity index (χ3v) is 12.0. The summed E-state index contributed by atoms with van der Waals surface area (Å²) in [6, 6.07) is 0. The molecule has 0 spiro atoms. The van der Waals surface area contributed by atoms with Crippen molar-refractivity contribution >= 4 is 17.9 Å². The third kappa shape index (κ3) is 60.1. The van der Waals surface area contributed by atoms with Crippen LogP contribution < -0.4 is 5.11 Å². The van der Waals surface area contributed by atoms with Gasteiger partial charge in [-0.1, -0.05) is 235 Å². The van der Waals surface area contributed by atoms with E-state index in [0.717, 1.165) is 116 Å². The number of carboxylic acid groups (broad SMARTS) is 1. The number of rotatable bonds is 53. The van der Waals surface area contributed by atoms with Gasteiger partial charge in [-0.3, -0.25) is 9.59 Å². The molecule has 0 aromatic heterocycles. The summed E-state index contributed by atoms with van der Waals surface area (Å²) in [6.45, 7) is 4.39. The van der Waals surface area contributed by atoms with Crippen molar-refractivity contribution in [2.45, 2.75) is 206 Å². The highest BCUT2D eigenvalue weighted by Crippen LogP contribution is 2.14. The Bertz CT molecular complexity index is 1900. The molecule has 0 heterocycles. The van der Waals surface area contributed by atoms with Crippen LogP contribution in [0.5, 0.6) is 0 Å². The normalized spacial score (nSPS) is 14.0. The second kappa shape index (κ2) is 58.8. The van der Waals surface area contributed by atoms with E-state index in [2.05, 4.69) is 172 Å². The minimum Gasteiger partial charge on any atom is -0.545 e. The van der Waals surface area contributed by atoms with Crippen LogP contribution in [-0.2, 0) is 33.3 Å². The molecule has 0 amide bonds. The molecule has 2 unspecified atom stereocenters. The van der Waals surface area contributed by atoms with Gasteiger partial charge in [-0.15, -0.1) is 0 Å². The highest BCUT2D eigenvalue weighted by atomic mass is 16.7. The van der Waals surface area contributed by atoms with Crippen LogP contribution >= 0.6 is 0 Å². The minimum absolute atomic E-state index is 0.128. The van der Waals surface area contributed by atoms with Gasteiger partial charge in [0.05, 0.1) is 40.3 Å². The van der Waals surface area contributed by atoms with Gasteiger partial charge in [0.2, 0.25) is 0 Å². The quantitative estimate of drug-likeness (QED) is 0.0195. The maximum absolute atomic E-state index is 12.8. The molecule has 0 aromatic carbocycles. The molecule has 0 saturated carbocycles. The van der Waals surface area contributed by atoms with Crippen LogP contribution in [0, 0.1) is 0 Å². The van der Waals surface area contributed by atoms with Crippen molar-refractivity contribution < 1.29 is 42.9 Å². The summed E-state index contributed by atoms with van der Waals surface area (Å²) in [5, 5.41) is 11.8. The number of allylic oxidation sites excluding steroid dienone is 28. The molecule has 9 heteroatoms. The van der Waals surface area contributed by atoms with E-state index in [4.69, 9.17) is 18.9 Å². The van der Waals surface area contributed by atoms with Gasteiger partial charge in [0.1, 0.15) is 13.2 Å². The SMILES string of the molecule is CC/C=C\C/C=C\C/C=C\C/C=C\C/C=C\C/C=C\C/C=C\C/C=C\C/C=C\C/C=C\CCCCCCCCCCCCC(=O)OC(COC(=O)CC/C=C\C/C=C\C/C=C\C/C=C\CC)COC(OCC[N+](C)(C)C)C(=O)[O-]. The second-order valence-electron chi connectivity index (χ2n) is 20.5. The standard InChI is InChI=1S/C70H109NO8/c1-6-8-10-12-14-16-18-20-21-22-23-24-25-26-27-28-29-30-31-32-33-34-35-36-37-38-39-40-41-42-43-44-45-46-47-49-51-53-55-57-59-61-68(73)79-66(65-78-70(69(74)75)76-63-62-71(3,4)5)64-77-67(72)60-58-56-54-52-50-48-19-17-15-13-11-9-7-2/h8-11,14-17,20-21,23-24,26-27,29-30,32-33,35-36,38-39,41-42,48,50,54,56,66,70H,6-7,12-13,18-19,22,25,28,31,34,37,40,43-47,49,51-53,55,57-65H2,1-5H3/b10-8-,11-9-,16-14-,17-15-,21-20-,24-23-,27-26-,30-29-,33-32-,36-35-,39-38-,42-41-,50-48-,56-54-. The molecule has 0 aliphatic carbocycles. The number of nitrogens with zero attached hydrogens (tertiary/aromatic N) is 1. The van der Waals surface area contributed by atoms with Crippen LogP contribution in [0.2, 0.25) is 0 Å². The van der Waals surface area contributed by atoms with Crippen molar-refractivity contribution in [3.05, 3.63) is 170 Å². The zero-order chi connectivity index (χ0) is 57.6. The fourth-order valence-electron chi connectivity index (χ4n) is 7.40. The van der Waals surface area contributed by atoms with Crippen LogP contribution in [-0.4, -0.2) is 82.3 Å². The van der Waals surface area contributed by atoms with Gasteiger partial charge < -0.3 is 33.3 Å². The lowest BCUT2D eigenvalue weighted by Gasteiger charge is -2.26. The van der Waals surface area contributed by atoms with Crippen molar-refractivity contribution in [3.8, 4) is 0 Å². The average molecular weight is 1090 g/mol. The van der Waals surface area contributed by atoms with Crippen LogP contribution in [0.25, 0.3) is 0 Å². The predicted octanol–water partition coefficient (Wildman–Crippen LogP) is 17.0. The van der Waals surface area contributed by atoms with E-state index < -0.39 is 30.3 Å². The Morgan fingerprint density at radius 1 is 0.380 bits per heavy atom. The molecule has 79 heavy (non-hydrogen) atoms. The molecular weight excluding hydrogens is 983 g/mol. The number of aliphatic carboxylic acids is 1. The van der Waals surface area contributed by atoms with E-state index in [1.807, 2.05) is 33.3 Å². The van der Waals surface area contributed by atoms with Gasteiger partial charge in [0.25, 0.3) is 0 Å². The van der Waals surface area contributed by atoms with E-state index >= 15 is 0 Å². The monoisotopic (exact) mass is 1090 g/mol. The van der Waals surface area contributed by atoms with Gasteiger partial charge in [-0.2, -0.15) is 0 Å². The number of carboxylic acids is 1. The predicted molar refractivity (Wildman–Crippen MR) is 333 cm³/mol. The van der Waals surface area contributed by atoms with Crippen LogP contribution in [0.3, 0.4) is 0 Å². The van der Waals surface area contributed by atoms with E-state index in [1.54, 1.807) is 0 Å². The van der Waals surface area contributed by atoms with Crippen molar-refractivity contribution in [1.29, 1.82) is 0 Å². The zero-order valence-corrected chi connectivity index (χ0v) is 50.2. The Balaban J connectivity index is 4.17. The number of likely N-dealkylation sites (N-methyl/N-ethyl adjacent to an activating group) is 1. The average Bonchev–Trinajstić information content (AvgIpc) is 3.42. The summed E-state index contributed by atoms with van der Waals surface area (Å²) in [5.41, 5.74) is 0. The second-order valence-corrected chi connectivity index (χ2v) is 20.5. The van der Waals surface area contributed by atoms with Crippen LogP contribution in [0.15, 0.2) is 170 Å². The Morgan fingerprint density at radius 3 is 1.06 bits per heavy atom. The highest BCUT2D eigenvalue weighted by molar-refractivity contribution is 5.70. The Morgan fingerprint density at radius 2 is 0.709 bits per heavy atom. The number of carbonyl (C=O) groups is 3. The molecule has 0 saturated heterocycles. The van der Waals surface area contributed by atoms with E-state index in [0.29, 0.717) is 23.9 Å². The molecule has 2 atom stereocenters. The Kier molecular flexibility index (Phi) is 54.8. The largest absolute Gasteiger partial charge is 0.545 e. The number of carbonyl (C=O) groups excluding carboxylic acids is 3. The highest BCUT2D eigenvalue weighted by Gasteiger charge is 2.21. The number of esters is 2. The Labute approximate surface area is 482 Å². The van der Waals surface area contributed by atoms with Crippen LogP contribution in [0.4, 0.5) is 0 Å². The summed E-state index contributed by atoms with van der Waals surface area (Å²) < 4.78 is 22.5. The first-order valence-corrected chi connectivity index (χ1v) is 30.3. The number of quaternary nitrogens is 1. The third-order valence-electron chi connectivity index (χ3n) is 12.0. The molecule has 0 N–H and O–H groups in total. The summed E-state index contributed by atoms with van der Waals surface area (Å²) in [6.07, 6.45) is 85.9. The van der Waals surface area contributed by atoms with Gasteiger partial charge >= 0.3 is 11.9 Å². The molecule has 0 radical (unpaired) electrons. The molecule has 0 bridgehead atoms. The van der Waals surface area contributed by atoms with Crippen LogP contribution in [0.1, 0.15) is 194 Å². The smallest absolute Gasteiger partial charge is 0.306 e. The van der Waals surface area contributed by atoms with Crippen molar-refractivity contribution in [2.24, 2.45) is 0 Å². The van der Waals surface area contributed by atoms with E-state index in [9.17, 15) is 19.5 Å². The minimum atomic E-state index is -1.65. The molecular formula is C70H109NO8. The maximum Gasteiger partial charge on any atom is 0.306 e.